The lowest BCUT2D eigenvalue weighted by molar-refractivity contribution is 0.391. The zero-order valence-corrected chi connectivity index (χ0v) is 15.8. The highest BCUT2D eigenvalue weighted by atomic mass is 32.3. The predicted octanol–water partition coefficient (Wildman–Crippen LogP) is 2.70. The van der Waals surface area contributed by atoms with Crippen molar-refractivity contribution in [2.24, 2.45) is 7.05 Å². The summed E-state index contributed by atoms with van der Waals surface area (Å²) in [7, 11) is -1.71. The summed E-state index contributed by atoms with van der Waals surface area (Å²) in [5, 5.41) is 11.2. The van der Waals surface area contributed by atoms with Crippen molar-refractivity contribution in [1.29, 1.82) is 0 Å². The van der Waals surface area contributed by atoms with Gasteiger partial charge in [0.05, 0.1) is 24.1 Å². The van der Waals surface area contributed by atoms with Crippen LogP contribution in [0.3, 0.4) is 0 Å². The van der Waals surface area contributed by atoms with E-state index in [4.69, 9.17) is 4.52 Å². The zero-order chi connectivity index (χ0) is 18.9. The first kappa shape index (κ1) is 18.1. The Morgan fingerprint density at radius 3 is 2.62 bits per heavy atom. The molecule has 3 heterocycles. The van der Waals surface area contributed by atoms with Gasteiger partial charge < -0.3 is 9.84 Å². The van der Waals surface area contributed by atoms with Crippen molar-refractivity contribution in [2.45, 2.75) is 32.2 Å². The molecule has 138 valence electrons. The first-order valence-corrected chi connectivity index (χ1v) is 9.44. The van der Waals surface area contributed by atoms with Crippen LogP contribution >= 0.6 is 0 Å². The van der Waals surface area contributed by atoms with E-state index >= 15 is 0 Å². The number of aryl methyl sites for hydroxylation is 3. The van der Waals surface area contributed by atoms with Crippen molar-refractivity contribution < 1.29 is 13.3 Å². The summed E-state index contributed by atoms with van der Waals surface area (Å²) in [5.41, 5.74) is 2.73. The molecule has 0 radical (unpaired) electrons. The summed E-state index contributed by atoms with van der Waals surface area (Å²) >= 11 is 0. The maximum absolute atomic E-state index is 12.7. The molecule has 0 aliphatic carbocycles. The molecular formula is C16H21N6O3S+. The van der Waals surface area contributed by atoms with Crippen molar-refractivity contribution in [3.05, 3.63) is 47.2 Å². The Labute approximate surface area is 152 Å². The Hall–Kier alpha value is -2.72. The Morgan fingerprint density at radius 1 is 1.31 bits per heavy atom. The van der Waals surface area contributed by atoms with Gasteiger partial charge in [0.15, 0.2) is 0 Å². The van der Waals surface area contributed by atoms with Gasteiger partial charge in [-0.1, -0.05) is 5.16 Å². The number of nitrogens with one attached hydrogen (secondary N) is 2. The highest BCUT2D eigenvalue weighted by Crippen LogP contribution is 2.25. The van der Waals surface area contributed by atoms with Gasteiger partial charge in [-0.3, -0.25) is 4.68 Å². The molecule has 3 aromatic rings. The van der Waals surface area contributed by atoms with Crippen LogP contribution in [0.25, 0.3) is 0 Å². The molecule has 0 saturated carbocycles. The van der Waals surface area contributed by atoms with Crippen LogP contribution in [-0.2, 0) is 28.2 Å². The average molecular weight is 377 g/mol. The van der Waals surface area contributed by atoms with Crippen LogP contribution in [0.4, 0.5) is 11.5 Å². The molecular weight excluding hydrogens is 356 g/mol. The minimum absolute atomic E-state index is 0.183. The van der Waals surface area contributed by atoms with Crippen molar-refractivity contribution in [3.63, 3.8) is 0 Å². The van der Waals surface area contributed by atoms with Gasteiger partial charge in [-0.25, -0.2) is 4.98 Å². The standard InChI is InChI=1S/C16H20N6O3S/c1-10-7-13(20-25-10)8-17-15-6-5-14(9-18-15)26(23,24)21-16-11(2)19-22(4)12(16)3/h5-7,9H,8H2,1-4H3,(H2-,17,18,21,23,24)/p+1. The van der Waals surface area contributed by atoms with E-state index in [0.29, 0.717) is 23.7 Å². The molecule has 26 heavy (non-hydrogen) atoms. The van der Waals surface area contributed by atoms with Crippen molar-refractivity contribution >= 4 is 21.9 Å². The fourth-order valence-electron chi connectivity index (χ4n) is 2.45. The lowest BCUT2D eigenvalue weighted by atomic mass is 10.3. The summed E-state index contributed by atoms with van der Waals surface area (Å²) in [4.78, 5) is 4.37. The van der Waals surface area contributed by atoms with Crippen LogP contribution in [0.5, 0.6) is 0 Å². The first-order chi connectivity index (χ1) is 12.3. The fraction of sp³-hybridized carbons (Fsp3) is 0.312. The van der Waals surface area contributed by atoms with Gasteiger partial charge in [-0.15, -0.1) is 0 Å². The van der Waals surface area contributed by atoms with Crippen molar-refractivity contribution in [2.75, 3.05) is 10.0 Å². The van der Waals surface area contributed by atoms with Crippen LogP contribution in [0.15, 0.2) is 33.8 Å². The van der Waals surface area contributed by atoms with Gasteiger partial charge in [-0.2, -0.15) is 14.4 Å². The predicted molar refractivity (Wildman–Crippen MR) is 98.1 cm³/mol. The molecule has 1 unspecified atom stereocenters. The number of nitrogens with zero attached hydrogens (tertiary/aromatic N) is 4. The number of rotatable bonds is 6. The van der Waals surface area contributed by atoms with Gasteiger partial charge in [-0.05, 0) is 31.0 Å². The molecule has 9 nitrogen and oxygen atoms in total. The summed E-state index contributed by atoms with van der Waals surface area (Å²) in [6.45, 7) is 5.88. The van der Waals surface area contributed by atoms with E-state index in [1.807, 2.05) is 19.9 Å². The smallest absolute Gasteiger partial charge is 0.347 e. The molecule has 0 bridgehead atoms. The van der Waals surface area contributed by atoms with Gasteiger partial charge in [0, 0.05) is 19.2 Å². The molecule has 1 atom stereocenters. The molecule has 0 amide bonds. The highest BCUT2D eigenvalue weighted by molar-refractivity contribution is 7.99. The third kappa shape index (κ3) is 3.75. The van der Waals surface area contributed by atoms with E-state index in [1.54, 1.807) is 30.8 Å². The number of pyridine rings is 1. The van der Waals surface area contributed by atoms with Crippen molar-refractivity contribution in [3.8, 4) is 0 Å². The molecule has 3 rings (SSSR count). The Kier molecular flexibility index (Phi) is 4.79. The van der Waals surface area contributed by atoms with E-state index < -0.39 is 10.4 Å². The Balaban J connectivity index is 1.71. The lowest BCUT2D eigenvalue weighted by Gasteiger charge is -2.08. The fourth-order valence-corrected chi connectivity index (χ4v) is 3.59. The quantitative estimate of drug-likeness (QED) is 0.565. The van der Waals surface area contributed by atoms with E-state index in [1.165, 1.54) is 6.20 Å². The van der Waals surface area contributed by atoms with Gasteiger partial charge in [0.1, 0.15) is 23.0 Å². The second-order valence-electron chi connectivity index (χ2n) is 5.96. The minimum atomic E-state index is -3.50. The molecule has 10 heteroatoms. The third-order valence-corrected chi connectivity index (χ3v) is 5.29. The topological polar surface area (TPSA) is 118 Å². The first-order valence-electron chi connectivity index (χ1n) is 7.93. The van der Waals surface area contributed by atoms with Crippen LogP contribution in [0, 0.1) is 20.8 Å². The molecule has 3 N–H and O–H groups in total. The summed E-state index contributed by atoms with van der Waals surface area (Å²) in [6.07, 6.45) is 1.37. The van der Waals surface area contributed by atoms with Crippen molar-refractivity contribution in [1.82, 2.24) is 19.9 Å². The summed E-state index contributed by atoms with van der Waals surface area (Å²) in [5.74, 6) is 1.30. The molecule has 0 fully saturated rings. The van der Waals surface area contributed by atoms with Crippen LogP contribution in [-0.4, -0.2) is 24.5 Å². The number of aromatic nitrogens is 4. The lowest BCUT2D eigenvalue weighted by Crippen LogP contribution is -2.21. The highest BCUT2D eigenvalue weighted by Gasteiger charge is 2.32. The number of hydrogen-bond acceptors (Lipinski definition) is 6. The summed E-state index contributed by atoms with van der Waals surface area (Å²) in [6, 6.07) is 5.02. The van der Waals surface area contributed by atoms with Crippen LogP contribution in [0.1, 0.15) is 22.8 Å². The van der Waals surface area contributed by atoms with E-state index in [2.05, 4.69) is 25.3 Å². The van der Waals surface area contributed by atoms with E-state index in [0.717, 1.165) is 17.1 Å². The largest absolute Gasteiger partial charge is 0.364 e. The summed E-state index contributed by atoms with van der Waals surface area (Å²) < 4.78 is 32.4. The third-order valence-electron chi connectivity index (χ3n) is 3.93. The molecule has 3 aromatic heterocycles. The maximum atomic E-state index is 12.7. The molecule has 0 aromatic carbocycles. The van der Waals surface area contributed by atoms with E-state index in [9.17, 15) is 8.76 Å². The second kappa shape index (κ2) is 6.89. The average Bonchev–Trinajstić information content (AvgIpc) is 3.11. The second-order valence-corrected chi connectivity index (χ2v) is 7.69. The van der Waals surface area contributed by atoms with Crippen LogP contribution < -0.4 is 10.0 Å². The number of anilines is 2. The van der Waals surface area contributed by atoms with E-state index in [-0.39, 0.29) is 4.90 Å². The normalized spacial score (nSPS) is 13.4. The van der Waals surface area contributed by atoms with Gasteiger partial charge in [0.2, 0.25) is 4.90 Å². The molecule has 0 saturated heterocycles. The minimum Gasteiger partial charge on any atom is -0.364 e. The molecule has 0 aliphatic rings. The Bertz CT molecular complexity index is 963. The van der Waals surface area contributed by atoms with Crippen LogP contribution in [0.2, 0.25) is 0 Å². The Morgan fingerprint density at radius 2 is 2.08 bits per heavy atom. The SMILES string of the molecule is Cc1cc(CNc2ccc([S+](=O)(O)Nc3c(C)nn(C)c3C)cn2)no1. The molecule has 0 spiro atoms. The number of hydrogen-bond donors (Lipinski definition) is 3. The molecule has 0 aliphatic heterocycles. The monoisotopic (exact) mass is 377 g/mol. The zero-order valence-electron chi connectivity index (χ0n) is 15.0. The van der Waals surface area contributed by atoms with Gasteiger partial charge >= 0.3 is 10.4 Å². The van der Waals surface area contributed by atoms with Gasteiger partial charge in [0.25, 0.3) is 0 Å². The maximum Gasteiger partial charge on any atom is 0.347 e.